The maximum atomic E-state index is 11.6. The second kappa shape index (κ2) is 6.81. The first-order chi connectivity index (χ1) is 8.21. The Labute approximate surface area is 100 Å². The van der Waals surface area contributed by atoms with Crippen LogP contribution in [0.4, 0.5) is 0 Å². The first kappa shape index (κ1) is 13.4. The molecule has 0 heterocycles. The second-order valence-corrected chi connectivity index (χ2v) is 3.62. The van der Waals surface area contributed by atoms with Crippen molar-refractivity contribution in [3.63, 3.8) is 0 Å². The number of aryl methyl sites for hydroxylation is 1. The van der Waals surface area contributed by atoms with Crippen LogP contribution in [0.15, 0.2) is 18.2 Å². The van der Waals surface area contributed by atoms with Crippen molar-refractivity contribution in [2.75, 3.05) is 6.61 Å². The second-order valence-electron chi connectivity index (χ2n) is 3.62. The predicted octanol–water partition coefficient (Wildman–Crippen LogP) is 1.49. The molecule has 0 fully saturated rings. The van der Waals surface area contributed by atoms with Gasteiger partial charge in [0.1, 0.15) is 6.29 Å². The van der Waals surface area contributed by atoms with Crippen LogP contribution in [0.3, 0.4) is 0 Å². The van der Waals surface area contributed by atoms with E-state index in [1.807, 2.05) is 0 Å². The molecule has 4 nitrogen and oxygen atoms in total. The largest absolute Gasteiger partial charge is 0.462 e. The van der Waals surface area contributed by atoms with Crippen molar-refractivity contribution >= 4 is 12.3 Å². The van der Waals surface area contributed by atoms with Crippen molar-refractivity contribution in [2.45, 2.75) is 26.4 Å². The summed E-state index contributed by atoms with van der Waals surface area (Å²) in [4.78, 5) is 21.9. The Morgan fingerprint density at radius 2 is 2.06 bits per heavy atom. The van der Waals surface area contributed by atoms with Gasteiger partial charge >= 0.3 is 5.97 Å². The van der Waals surface area contributed by atoms with Crippen molar-refractivity contribution in [3.05, 3.63) is 34.9 Å². The van der Waals surface area contributed by atoms with E-state index in [4.69, 9.17) is 9.84 Å². The first-order valence-electron chi connectivity index (χ1n) is 5.55. The summed E-state index contributed by atoms with van der Waals surface area (Å²) in [5, 5.41) is 9.10. The van der Waals surface area contributed by atoms with Gasteiger partial charge in [-0.3, -0.25) is 0 Å². The summed E-state index contributed by atoms with van der Waals surface area (Å²) >= 11 is 0. The van der Waals surface area contributed by atoms with Crippen LogP contribution in [0, 0.1) is 0 Å². The molecule has 0 bridgehead atoms. The average molecular weight is 236 g/mol. The molecule has 0 radical (unpaired) electrons. The van der Waals surface area contributed by atoms with E-state index < -0.39 is 5.97 Å². The Morgan fingerprint density at radius 3 is 2.65 bits per heavy atom. The van der Waals surface area contributed by atoms with E-state index in [2.05, 4.69) is 0 Å². The molecule has 0 spiro atoms. The summed E-state index contributed by atoms with van der Waals surface area (Å²) in [7, 11) is 0. The molecule has 0 aliphatic carbocycles. The number of aldehydes is 1. The number of carbonyl (C=O) groups is 2. The molecule has 0 saturated carbocycles. The fourth-order valence-corrected chi connectivity index (χ4v) is 1.56. The van der Waals surface area contributed by atoms with Gasteiger partial charge in [-0.15, -0.1) is 0 Å². The van der Waals surface area contributed by atoms with Gasteiger partial charge in [-0.25, -0.2) is 4.79 Å². The maximum absolute atomic E-state index is 11.6. The summed E-state index contributed by atoms with van der Waals surface area (Å²) in [6.45, 7) is 1.91. The molecule has 0 aliphatic heterocycles. The number of ether oxygens (including phenoxy) is 1. The Balaban J connectivity index is 2.95. The van der Waals surface area contributed by atoms with Crippen molar-refractivity contribution in [1.29, 1.82) is 0 Å². The number of carbonyl (C=O) groups excluding carboxylic acids is 2. The van der Waals surface area contributed by atoms with Gasteiger partial charge in [0.2, 0.25) is 0 Å². The number of rotatable bonds is 6. The third kappa shape index (κ3) is 4.00. The van der Waals surface area contributed by atoms with Crippen LogP contribution >= 0.6 is 0 Å². The van der Waals surface area contributed by atoms with E-state index in [1.165, 1.54) is 0 Å². The third-order valence-corrected chi connectivity index (χ3v) is 2.30. The molecule has 1 aromatic rings. The minimum Gasteiger partial charge on any atom is -0.462 e. The van der Waals surface area contributed by atoms with Crippen LogP contribution in [0.1, 0.15) is 34.8 Å². The molecule has 1 rings (SSSR count). The van der Waals surface area contributed by atoms with Gasteiger partial charge in [-0.05, 0) is 36.6 Å². The molecule has 4 heteroatoms. The van der Waals surface area contributed by atoms with Gasteiger partial charge in [0, 0.05) is 6.42 Å². The van der Waals surface area contributed by atoms with Crippen molar-refractivity contribution in [1.82, 2.24) is 0 Å². The van der Waals surface area contributed by atoms with Gasteiger partial charge in [-0.2, -0.15) is 0 Å². The topological polar surface area (TPSA) is 63.6 Å². The molecule has 0 saturated heterocycles. The molecule has 0 aromatic heterocycles. The molecule has 0 atom stereocenters. The molecular formula is C13H16O4. The highest BCUT2D eigenvalue weighted by Crippen LogP contribution is 2.13. The lowest BCUT2D eigenvalue weighted by Gasteiger charge is -2.07. The van der Waals surface area contributed by atoms with E-state index in [-0.39, 0.29) is 6.61 Å². The third-order valence-electron chi connectivity index (χ3n) is 2.30. The lowest BCUT2D eigenvalue weighted by Crippen LogP contribution is -2.06. The van der Waals surface area contributed by atoms with Gasteiger partial charge in [0.25, 0.3) is 0 Å². The van der Waals surface area contributed by atoms with Crippen LogP contribution in [-0.4, -0.2) is 24.0 Å². The van der Waals surface area contributed by atoms with E-state index >= 15 is 0 Å². The molecular weight excluding hydrogens is 220 g/mol. The van der Waals surface area contributed by atoms with Gasteiger partial charge in [-0.1, -0.05) is 6.07 Å². The van der Waals surface area contributed by atoms with Crippen LogP contribution in [0.25, 0.3) is 0 Å². The minimum atomic E-state index is -0.407. The Kier molecular flexibility index (Phi) is 5.36. The van der Waals surface area contributed by atoms with Crippen LogP contribution in [0.5, 0.6) is 0 Å². The quantitative estimate of drug-likeness (QED) is 0.600. The minimum absolute atomic E-state index is 0.138. The zero-order chi connectivity index (χ0) is 12.7. The van der Waals surface area contributed by atoms with Crippen molar-refractivity contribution < 1.29 is 19.4 Å². The fourth-order valence-electron chi connectivity index (χ4n) is 1.56. The molecule has 17 heavy (non-hydrogen) atoms. The summed E-state index contributed by atoms with van der Waals surface area (Å²) < 4.78 is 4.90. The number of aliphatic hydroxyl groups excluding tert-OH is 1. The van der Waals surface area contributed by atoms with Crippen LogP contribution in [-0.2, 0) is 22.6 Å². The monoisotopic (exact) mass is 236 g/mol. The molecule has 92 valence electrons. The fraction of sp³-hybridized carbons (Fsp3) is 0.385. The molecule has 0 amide bonds. The summed E-state index contributed by atoms with van der Waals surface area (Å²) in [6.07, 6.45) is 1.79. The normalized spacial score (nSPS) is 10.0. The van der Waals surface area contributed by atoms with Crippen LogP contribution in [0.2, 0.25) is 0 Å². The van der Waals surface area contributed by atoms with Gasteiger partial charge in [0.05, 0.1) is 18.8 Å². The van der Waals surface area contributed by atoms with E-state index in [9.17, 15) is 9.59 Å². The number of benzene rings is 1. The zero-order valence-electron chi connectivity index (χ0n) is 9.81. The Bertz CT molecular complexity index is 398. The lowest BCUT2D eigenvalue weighted by atomic mass is 10.0. The first-order valence-corrected chi connectivity index (χ1v) is 5.55. The SMILES string of the molecule is CCOC(=O)c1cc(CO)cc(CCC=O)c1. The zero-order valence-corrected chi connectivity index (χ0v) is 9.81. The van der Waals surface area contributed by atoms with Crippen molar-refractivity contribution in [2.24, 2.45) is 0 Å². The number of hydrogen-bond donors (Lipinski definition) is 1. The summed E-state index contributed by atoms with van der Waals surface area (Å²) in [5.74, 6) is -0.407. The van der Waals surface area contributed by atoms with Crippen LogP contribution < -0.4 is 0 Å². The smallest absolute Gasteiger partial charge is 0.338 e. The lowest BCUT2D eigenvalue weighted by molar-refractivity contribution is -0.107. The van der Waals surface area contributed by atoms with E-state index in [1.54, 1.807) is 25.1 Å². The van der Waals surface area contributed by atoms with Crippen molar-refractivity contribution in [3.8, 4) is 0 Å². The molecule has 0 unspecified atom stereocenters. The highest BCUT2D eigenvalue weighted by Gasteiger charge is 2.09. The average Bonchev–Trinajstić information content (AvgIpc) is 2.36. The highest BCUT2D eigenvalue weighted by molar-refractivity contribution is 5.89. The number of aliphatic hydroxyl groups is 1. The van der Waals surface area contributed by atoms with Gasteiger partial charge in [0.15, 0.2) is 0 Å². The number of esters is 1. The van der Waals surface area contributed by atoms with E-state index in [0.29, 0.717) is 30.6 Å². The standard InChI is InChI=1S/C13H16O4/c1-2-17-13(16)12-7-10(4-3-5-14)6-11(8-12)9-15/h5-8,15H,2-4,9H2,1H3. The predicted molar refractivity (Wildman–Crippen MR) is 62.7 cm³/mol. The maximum Gasteiger partial charge on any atom is 0.338 e. The molecule has 0 aliphatic rings. The van der Waals surface area contributed by atoms with E-state index in [0.717, 1.165) is 11.8 Å². The summed E-state index contributed by atoms with van der Waals surface area (Å²) in [6, 6.07) is 5.08. The number of hydrogen-bond acceptors (Lipinski definition) is 4. The molecule has 1 N–H and O–H groups in total. The molecule has 1 aromatic carbocycles. The summed E-state index contributed by atoms with van der Waals surface area (Å²) in [5.41, 5.74) is 1.92. The Morgan fingerprint density at radius 1 is 1.35 bits per heavy atom. The highest BCUT2D eigenvalue weighted by atomic mass is 16.5. The Hall–Kier alpha value is -1.68. The van der Waals surface area contributed by atoms with Gasteiger partial charge < -0.3 is 14.6 Å².